The molecule has 2 aromatic rings. The lowest BCUT2D eigenvalue weighted by atomic mass is 10.2. The van der Waals surface area contributed by atoms with Gasteiger partial charge in [-0.15, -0.1) is 0 Å². The quantitative estimate of drug-likeness (QED) is 0.822. The highest BCUT2D eigenvalue weighted by atomic mass is 35.5. The van der Waals surface area contributed by atoms with Gasteiger partial charge in [-0.2, -0.15) is 0 Å². The summed E-state index contributed by atoms with van der Waals surface area (Å²) in [5.41, 5.74) is 7.18. The minimum atomic E-state index is -0.308. The van der Waals surface area contributed by atoms with E-state index in [1.807, 2.05) is 0 Å². The van der Waals surface area contributed by atoms with Crippen molar-refractivity contribution in [3.05, 3.63) is 58.1 Å². The highest BCUT2D eigenvalue weighted by molar-refractivity contribution is 6.35. The van der Waals surface area contributed by atoms with Crippen molar-refractivity contribution < 1.29 is 4.79 Å². The van der Waals surface area contributed by atoms with Crippen molar-refractivity contribution in [3.63, 3.8) is 0 Å². The number of nitrogen functional groups attached to an aromatic ring is 1. The Kier molecular flexibility index (Phi) is 3.75. The van der Waals surface area contributed by atoms with Gasteiger partial charge >= 0.3 is 0 Å². The zero-order valence-corrected chi connectivity index (χ0v) is 10.8. The second kappa shape index (κ2) is 5.29. The summed E-state index contributed by atoms with van der Waals surface area (Å²) in [4.78, 5) is 12.0. The first-order valence-electron chi connectivity index (χ1n) is 5.18. The van der Waals surface area contributed by atoms with Crippen LogP contribution in [0.3, 0.4) is 0 Å². The van der Waals surface area contributed by atoms with Crippen LogP contribution in [0.25, 0.3) is 0 Å². The van der Waals surface area contributed by atoms with Gasteiger partial charge in [-0.3, -0.25) is 4.79 Å². The van der Waals surface area contributed by atoms with Crippen LogP contribution < -0.4 is 11.1 Å². The Bertz CT molecular complexity index is 579. The molecule has 18 heavy (non-hydrogen) atoms. The lowest BCUT2D eigenvalue weighted by Crippen LogP contribution is -2.13. The molecule has 0 aliphatic heterocycles. The Labute approximate surface area is 115 Å². The van der Waals surface area contributed by atoms with E-state index >= 15 is 0 Å². The van der Waals surface area contributed by atoms with E-state index in [-0.39, 0.29) is 5.91 Å². The Balaban J connectivity index is 2.25. The molecule has 0 fully saturated rings. The normalized spacial score (nSPS) is 10.1. The van der Waals surface area contributed by atoms with Crippen molar-refractivity contribution in [2.45, 2.75) is 0 Å². The van der Waals surface area contributed by atoms with Crippen LogP contribution in [-0.2, 0) is 0 Å². The average Bonchev–Trinajstić information content (AvgIpc) is 2.31. The van der Waals surface area contributed by atoms with Crippen LogP contribution >= 0.6 is 23.2 Å². The fraction of sp³-hybridized carbons (Fsp3) is 0. The van der Waals surface area contributed by atoms with Crippen molar-refractivity contribution in [2.75, 3.05) is 11.1 Å². The number of nitrogens with one attached hydrogen (secondary N) is 1. The molecule has 0 saturated heterocycles. The lowest BCUT2D eigenvalue weighted by Gasteiger charge is -2.08. The van der Waals surface area contributed by atoms with Crippen LogP contribution in [0.1, 0.15) is 10.4 Å². The predicted octanol–water partition coefficient (Wildman–Crippen LogP) is 3.83. The van der Waals surface area contributed by atoms with Crippen LogP contribution in [0.5, 0.6) is 0 Å². The molecule has 0 radical (unpaired) electrons. The molecular weight excluding hydrogens is 271 g/mol. The van der Waals surface area contributed by atoms with Crippen LogP contribution in [0, 0.1) is 0 Å². The van der Waals surface area contributed by atoms with Crippen molar-refractivity contribution >= 4 is 40.5 Å². The summed E-state index contributed by atoms with van der Waals surface area (Å²) in [6.07, 6.45) is 0. The second-order valence-corrected chi connectivity index (χ2v) is 4.57. The third-order valence-corrected chi connectivity index (χ3v) is 2.77. The Morgan fingerprint density at radius 2 is 1.67 bits per heavy atom. The second-order valence-electron chi connectivity index (χ2n) is 3.70. The number of amides is 1. The molecule has 0 aliphatic carbocycles. The molecule has 0 bridgehead atoms. The van der Waals surface area contributed by atoms with E-state index in [1.165, 1.54) is 0 Å². The SMILES string of the molecule is Nc1ccccc1NC(=O)c1cc(Cl)cc(Cl)c1. The van der Waals surface area contributed by atoms with Crippen molar-refractivity contribution in [3.8, 4) is 0 Å². The number of hydrogen-bond acceptors (Lipinski definition) is 2. The molecular formula is C13H10Cl2N2O. The van der Waals surface area contributed by atoms with Gasteiger partial charge in [-0.1, -0.05) is 35.3 Å². The number of para-hydroxylation sites is 2. The van der Waals surface area contributed by atoms with Crippen LogP contribution in [0.15, 0.2) is 42.5 Å². The van der Waals surface area contributed by atoms with Gasteiger partial charge in [0.1, 0.15) is 0 Å². The molecule has 5 heteroatoms. The standard InChI is InChI=1S/C13H10Cl2N2O/c14-9-5-8(6-10(15)7-9)13(18)17-12-4-2-1-3-11(12)16/h1-7H,16H2,(H,17,18). The minimum absolute atomic E-state index is 0.308. The number of anilines is 2. The minimum Gasteiger partial charge on any atom is -0.397 e. The van der Waals surface area contributed by atoms with Crippen molar-refractivity contribution in [1.29, 1.82) is 0 Å². The van der Waals surface area contributed by atoms with Gasteiger partial charge in [-0.05, 0) is 30.3 Å². The number of rotatable bonds is 2. The van der Waals surface area contributed by atoms with E-state index in [9.17, 15) is 4.79 Å². The molecule has 3 N–H and O–H groups in total. The maximum Gasteiger partial charge on any atom is 0.255 e. The number of carbonyl (C=O) groups is 1. The van der Waals surface area contributed by atoms with E-state index in [2.05, 4.69) is 5.32 Å². The van der Waals surface area contributed by atoms with E-state index < -0.39 is 0 Å². The van der Waals surface area contributed by atoms with Gasteiger partial charge in [0.05, 0.1) is 11.4 Å². The number of carbonyl (C=O) groups excluding carboxylic acids is 1. The summed E-state index contributed by atoms with van der Waals surface area (Å²) >= 11 is 11.7. The highest BCUT2D eigenvalue weighted by Gasteiger charge is 2.09. The molecule has 0 aliphatic rings. The summed E-state index contributed by atoms with van der Waals surface area (Å²) in [7, 11) is 0. The first kappa shape index (κ1) is 12.7. The largest absolute Gasteiger partial charge is 0.397 e. The smallest absolute Gasteiger partial charge is 0.255 e. The van der Waals surface area contributed by atoms with Gasteiger partial charge in [0.25, 0.3) is 5.91 Å². The van der Waals surface area contributed by atoms with Gasteiger partial charge in [0.2, 0.25) is 0 Å². The summed E-state index contributed by atoms with van der Waals surface area (Å²) in [6.45, 7) is 0. The number of halogens is 2. The molecule has 0 heterocycles. The summed E-state index contributed by atoms with van der Waals surface area (Å²) < 4.78 is 0. The van der Waals surface area contributed by atoms with E-state index in [1.54, 1.807) is 42.5 Å². The number of hydrogen-bond donors (Lipinski definition) is 2. The molecule has 1 amide bonds. The van der Waals surface area contributed by atoms with Gasteiger partial charge in [0, 0.05) is 15.6 Å². The van der Waals surface area contributed by atoms with Crippen LogP contribution in [0.4, 0.5) is 11.4 Å². The highest BCUT2D eigenvalue weighted by Crippen LogP contribution is 2.21. The first-order chi connectivity index (χ1) is 8.56. The fourth-order valence-electron chi connectivity index (χ4n) is 1.49. The molecule has 0 saturated carbocycles. The van der Waals surface area contributed by atoms with Gasteiger partial charge in [0.15, 0.2) is 0 Å². The average molecular weight is 281 g/mol. The zero-order valence-electron chi connectivity index (χ0n) is 9.28. The third kappa shape index (κ3) is 2.94. The van der Waals surface area contributed by atoms with E-state index in [4.69, 9.17) is 28.9 Å². The molecule has 0 aromatic heterocycles. The Morgan fingerprint density at radius 1 is 1.06 bits per heavy atom. The predicted molar refractivity (Wildman–Crippen MR) is 75.3 cm³/mol. The summed E-state index contributed by atoms with van der Waals surface area (Å²) in [5.74, 6) is -0.308. The molecule has 0 unspecified atom stereocenters. The molecule has 3 nitrogen and oxygen atoms in total. The maximum atomic E-state index is 12.0. The van der Waals surface area contributed by atoms with Crippen LogP contribution in [0.2, 0.25) is 10.0 Å². The van der Waals surface area contributed by atoms with E-state index in [0.717, 1.165) is 0 Å². The Morgan fingerprint density at radius 3 is 2.28 bits per heavy atom. The first-order valence-corrected chi connectivity index (χ1v) is 5.94. The molecule has 92 valence electrons. The monoisotopic (exact) mass is 280 g/mol. The summed E-state index contributed by atoms with van der Waals surface area (Å²) in [6, 6.07) is 11.7. The molecule has 2 rings (SSSR count). The Hall–Kier alpha value is -1.71. The fourth-order valence-corrected chi connectivity index (χ4v) is 2.02. The number of benzene rings is 2. The number of nitrogens with two attached hydrogens (primary N) is 1. The molecule has 2 aromatic carbocycles. The third-order valence-electron chi connectivity index (χ3n) is 2.33. The zero-order chi connectivity index (χ0) is 13.1. The van der Waals surface area contributed by atoms with Gasteiger partial charge < -0.3 is 11.1 Å². The van der Waals surface area contributed by atoms with E-state index in [0.29, 0.717) is 27.0 Å². The lowest BCUT2D eigenvalue weighted by molar-refractivity contribution is 0.102. The van der Waals surface area contributed by atoms with Crippen molar-refractivity contribution in [2.24, 2.45) is 0 Å². The molecule has 0 atom stereocenters. The van der Waals surface area contributed by atoms with Crippen LogP contribution in [-0.4, -0.2) is 5.91 Å². The maximum absolute atomic E-state index is 12.0. The molecule has 0 spiro atoms. The summed E-state index contributed by atoms with van der Waals surface area (Å²) in [5, 5.41) is 3.52. The van der Waals surface area contributed by atoms with Crippen molar-refractivity contribution in [1.82, 2.24) is 0 Å². The van der Waals surface area contributed by atoms with Gasteiger partial charge in [-0.25, -0.2) is 0 Å². The topological polar surface area (TPSA) is 55.1 Å².